The van der Waals surface area contributed by atoms with Gasteiger partial charge >= 0.3 is 0 Å². The van der Waals surface area contributed by atoms with E-state index < -0.39 is 19.9 Å². The number of rotatable bonds is 3. The van der Waals surface area contributed by atoms with Gasteiger partial charge in [0, 0.05) is 24.9 Å². The van der Waals surface area contributed by atoms with Gasteiger partial charge in [-0.3, -0.25) is 14.7 Å². The Bertz CT molecular complexity index is 702. The van der Waals surface area contributed by atoms with Crippen molar-refractivity contribution in [2.75, 3.05) is 12.4 Å². The zero-order valence-corrected chi connectivity index (χ0v) is 11.9. The Kier molecular flexibility index (Phi) is 5.82. The lowest BCUT2D eigenvalue weighted by Crippen LogP contribution is -1.98. The first-order valence-corrected chi connectivity index (χ1v) is 7.23. The summed E-state index contributed by atoms with van der Waals surface area (Å²) >= 11 is 0. The highest BCUT2D eigenvalue weighted by molar-refractivity contribution is 7.85. The summed E-state index contributed by atoms with van der Waals surface area (Å²) in [4.78, 5) is 8.98. The number of nitrogens with one attached hydrogen (secondary N) is 1. The van der Waals surface area contributed by atoms with Gasteiger partial charge in [-0.15, -0.1) is 0 Å². The number of para-hydroxylation sites is 1. The molecule has 0 saturated heterocycles. The molecule has 2 N–H and O–H groups in total. The van der Waals surface area contributed by atoms with Crippen LogP contribution in [0.25, 0.3) is 0 Å². The quantitative estimate of drug-likeness (QED) is 0.512. The van der Waals surface area contributed by atoms with Gasteiger partial charge in [0.1, 0.15) is 4.90 Å². The second-order valence-electron chi connectivity index (χ2n) is 3.85. The first-order valence-electron chi connectivity index (χ1n) is 5.79. The van der Waals surface area contributed by atoms with E-state index in [1.165, 1.54) is 6.07 Å². The van der Waals surface area contributed by atoms with Gasteiger partial charge in [0.25, 0.3) is 15.8 Å². The number of hydrogen-bond acceptors (Lipinski definition) is 5. The lowest BCUT2D eigenvalue weighted by Gasteiger charge is -1.95. The molecule has 0 spiro atoms. The molecule has 0 heterocycles. The largest absolute Gasteiger partial charge is 0.388 e. The van der Waals surface area contributed by atoms with Gasteiger partial charge in [-0.25, -0.2) is 0 Å². The Morgan fingerprint density at radius 2 is 1.71 bits per heavy atom. The van der Waals surface area contributed by atoms with Crippen molar-refractivity contribution in [3.05, 3.63) is 64.7 Å². The van der Waals surface area contributed by atoms with E-state index in [2.05, 4.69) is 5.32 Å². The number of nitrogens with zero attached hydrogens (tertiary/aromatic N) is 1. The topological polar surface area (TPSA) is 110 Å². The molecule has 2 aromatic carbocycles. The summed E-state index contributed by atoms with van der Waals surface area (Å²) in [5.41, 5.74) is 0.780. The van der Waals surface area contributed by atoms with Crippen molar-refractivity contribution in [1.29, 1.82) is 0 Å². The van der Waals surface area contributed by atoms with Crippen LogP contribution in [0.3, 0.4) is 0 Å². The Morgan fingerprint density at radius 3 is 2.14 bits per heavy atom. The van der Waals surface area contributed by atoms with Gasteiger partial charge in [0.05, 0.1) is 4.92 Å². The van der Waals surface area contributed by atoms with E-state index in [1.807, 2.05) is 37.4 Å². The third kappa shape index (κ3) is 5.59. The van der Waals surface area contributed by atoms with E-state index in [1.54, 1.807) is 0 Å². The number of benzene rings is 2. The summed E-state index contributed by atoms with van der Waals surface area (Å²) in [6.07, 6.45) is 0. The Balaban J connectivity index is 0.000000235. The van der Waals surface area contributed by atoms with Crippen LogP contribution in [0.1, 0.15) is 0 Å². The van der Waals surface area contributed by atoms with Crippen LogP contribution in [0.2, 0.25) is 0 Å². The van der Waals surface area contributed by atoms with Gasteiger partial charge in [-0.2, -0.15) is 8.42 Å². The Hall–Kier alpha value is -2.45. The number of nitro benzene ring substituents is 1. The van der Waals surface area contributed by atoms with Crippen LogP contribution in [0, 0.1) is 10.1 Å². The third-order valence-electron chi connectivity index (χ3n) is 2.39. The molecule has 7 nitrogen and oxygen atoms in total. The molecule has 0 atom stereocenters. The van der Waals surface area contributed by atoms with Crippen LogP contribution in [0.5, 0.6) is 0 Å². The molecule has 21 heavy (non-hydrogen) atoms. The molecule has 0 unspecified atom stereocenters. The molecular weight excluding hydrogens is 296 g/mol. The summed E-state index contributed by atoms with van der Waals surface area (Å²) < 4.78 is 29.6. The SMILES string of the molecule is CNc1ccccc1.O=[N+]([O-])c1cccc(S(=O)(=O)O)c1. The molecule has 0 aliphatic heterocycles. The number of nitro groups is 1. The van der Waals surface area contributed by atoms with E-state index in [-0.39, 0.29) is 5.69 Å². The number of hydrogen-bond donors (Lipinski definition) is 2. The molecule has 2 rings (SSSR count). The standard InChI is InChI=1S/C7H9N.C6H5NO5S/c1-8-7-5-3-2-4-6-7;8-7(9)5-2-1-3-6(4-5)13(10,11)12/h2-6,8H,1H3;1-4H,(H,10,11,12). The molecule has 0 amide bonds. The van der Waals surface area contributed by atoms with Crippen molar-refractivity contribution in [3.63, 3.8) is 0 Å². The highest BCUT2D eigenvalue weighted by Crippen LogP contribution is 2.16. The minimum absolute atomic E-state index is 0.380. The van der Waals surface area contributed by atoms with Crippen molar-refractivity contribution in [2.24, 2.45) is 0 Å². The number of anilines is 1. The Morgan fingerprint density at radius 1 is 1.10 bits per heavy atom. The van der Waals surface area contributed by atoms with Crippen LogP contribution in [-0.4, -0.2) is 24.9 Å². The van der Waals surface area contributed by atoms with Crippen LogP contribution in [0.4, 0.5) is 11.4 Å². The summed E-state index contributed by atoms with van der Waals surface area (Å²) in [5, 5.41) is 13.2. The zero-order valence-electron chi connectivity index (χ0n) is 11.1. The van der Waals surface area contributed by atoms with Gasteiger partial charge in [0.15, 0.2) is 0 Å². The first-order chi connectivity index (χ1) is 9.84. The predicted molar refractivity (Wildman–Crippen MR) is 78.9 cm³/mol. The highest BCUT2D eigenvalue weighted by atomic mass is 32.2. The summed E-state index contributed by atoms with van der Waals surface area (Å²) in [6.45, 7) is 0. The molecule has 112 valence electrons. The van der Waals surface area contributed by atoms with E-state index in [9.17, 15) is 18.5 Å². The van der Waals surface area contributed by atoms with Crippen molar-refractivity contribution in [3.8, 4) is 0 Å². The molecular formula is C13H14N2O5S. The molecule has 0 aliphatic carbocycles. The Labute approximate surface area is 122 Å². The predicted octanol–water partition coefficient (Wildman–Crippen LogP) is 2.57. The highest BCUT2D eigenvalue weighted by Gasteiger charge is 2.13. The second kappa shape index (κ2) is 7.36. The van der Waals surface area contributed by atoms with Gasteiger partial charge in [-0.1, -0.05) is 24.3 Å². The maximum absolute atomic E-state index is 10.5. The first kappa shape index (κ1) is 16.6. The smallest absolute Gasteiger partial charge is 0.294 e. The van der Waals surface area contributed by atoms with E-state index in [4.69, 9.17) is 4.55 Å². The zero-order chi connectivity index (χ0) is 15.9. The average molecular weight is 310 g/mol. The third-order valence-corrected chi connectivity index (χ3v) is 3.24. The van der Waals surface area contributed by atoms with Crippen LogP contribution < -0.4 is 5.32 Å². The lowest BCUT2D eigenvalue weighted by atomic mass is 10.3. The molecule has 0 bridgehead atoms. The maximum atomic E-state index is 10.5. The monoisotopic (exact) mass is 310 g/mol. The van der Waals surface area contributed by atoms with Crippen molar-refractivity contribution in [1.82, 2.24) is 0 Å². The second-order valence-corrected chi connectivity index (χ2v) is 5.27. The molecule has 0 aliphatic rings. The normalized spacial score (nSPS) is 10.2. The van der Waals surface area contributed by atoms with Crippen LogP contribution >= 0.6 is 0 Å². The summed E-state index contributed by atoms with van der Waals surface area (Å²) in [6, 6.07) is 14.2. The van der Waals surface area contributed by atoms with Gasteiger partial charge < -0.3 is 5.32 Å². The van der Waals surface area contributed by atoms with Crippen molar-refractivity contribution in [2.45, 2.75) is 4.90 Å². The molecule has 0 saturated carbocycles. The summed E-state index contributed by atoms with van der Waals surface area (Å²) in [7, 11) is -2.45. The van der Waals surface area contributed by atoms with Crippen LogP contribution in [0.15, 0.2) is 59.5 Å². The molecule has 8 heteroatoms. The fourth-order valence-corrected chi connectivity index (χ4v) is 1.88. The van der Waals surface area contributed by atoms with E-state index in [0.717, 1.165) is 23.9 Å². The molecule has 0 aromatic heterocycles. The van der Waals surface area contributed by atoms with Gasteiger partial charge in [-0.05, 0) is 18.2 Å². The molecule has 0 fully saturated rings. The molecule has 0 radical (unpaired) electrons. The van der Waals surface area contributed by atoms with E-state index in [0.29, 0.717) is 0 Å². The minimum Gasteiger partial charge on any atom is -0.388 e. The minimum atomic E-state index is -4.36. The van der Waals surface area contributed by atoms with Crippen LogP contribution in [-0.2, 0) is 10.1 Å². The molecule has 2 aromatic rings. The van der Waals surface area contributed by atoms with Crippen molar-refractivity contribution >= 4 is 21.5 Å². The fourth-order valence-electron chi connectivity index (χ4n) is 1.36. The average Bonchev–Trinajstić information content (AvgIpc) is 2.48. The van der Waals surface area contributed by atoms with Crippen molar-refractivity contribution < 1.29 is 17.9 Å². The maximum Gasteiger partial charge on any atom is 0.294 e. The number of non-ortho nitro benzene ring substituents is 1. The fraction of sp³-hybridized carbons (Fsp3) is 0.0769. The van der Waals surface area contributed by atoms with Gasteiger partial charge in [0.2, 0.25) is 0 Å². The van der Waals surface area contributed by atoms with E-state index >= 15 is 0 Å². The summed E-state index contributed by atoms with van der Waals surface area (Å²) in [5.74, 6) is 0. The lowest BCUT2D eigenvalue weighted by molar-refractivity contribution is -0.385.